The molecule has 0 bridgehead atoms. The zero-order valence-electron chi connectivity index (χ0n) is 13.7. The van der Waals surface area contributed by atoms with Gasteiger partial charge >= 0.3 is 0 Å². The molecule has 3 rings (SSSR count). The third-order valence-electron chi connectivity index (χ3n) is 3.82. The Bertz CT molecular complexity index is 865. The second-order valence-corrected chi connectivity index (χ2v) is 6.18. The molecule has 0 spiro atoms. The van der Waals surface area contributed by atoms with Crippen molar-refractivity contribution in [2.24, 2.45) is 7.05 Å². The number of nitrogens with zero attached hydrogens (tertiary/aromatic N) is 4. The van der Waals surface area contributed by atoms with E-state index in [9.17, 15) is 4.79 Å². The standard InChI is InChI=1S/C17H18ClN5O/c1-11-13(10-23(3)21-11)9-22(2)17(24)16-8-15(19-20-16)12-4-6-14(18)7-5-12/h4-8,10H,9H2,1-3H3,(H,19,20). The van der Waals surface area contributed by atoms with Crippen LogP contribution in [0.25, 0.3) is 11.3 Å². The van der Waals surface area contributed by atoms with E-state index in [4.69, 9.17) is 11.6 Å². The lowest BCUT2D eigenvalue weighted by atomic mass is 10.1. The van der Waals surface area contributed by atoms with E-state index in [-0.39, 0.29) is 5.91 Å². The van der Waals surface area contributed by atoms with Gasteiger partial charge in [-0.2, -0.15) is 10.2 Å². The minimum atomic E-state index is -0.119. The van der Waals surface area contributed by atoms with E-state index in [2.05, 4.69) is 15.3 Å². The fourth-order valence-electron chi connectivity index (χ4n) is 2.54. The van der Waals surface area contributed by atoms with Gasteiger partial charge in [-0.1, -0.05) is 23.7 Å². The molecule has 0 atom stereocenters. The molecule has 2 heterocycles. The van der Waals surface area contributed by atoms with E-state index in [0.29, 0.717) is 23.0 Å². The zero-order chi connectivity index (χ0) is 17.3. The molecule has 1 aromatic carbocycles. The SMILES string of the molecule is Cc1nn(C)cc1CN(C)C(=O)c1cc(-c2ccc(Cl)cc2)n[nH]1. The summed E-state index contributed by atoms with van der Waals surface area (Å²) in [5, 5.41) is 12.0. The monoisotopic (exact) mass is 343 g/mol. The van der Waals surface area contributed by atoms with Crippen LogP contribution in [0.4, 0.5) is 0 Å². The van der Waals surface area contributed by atoms with Crippen molar-refractivity contribution in [3.8, 4) is 11.3 Å². The van der Waals surface area contributed by atoms with Crippen LogP contribution in [-0.4, -0.2) is 37.8 Å². The molecule has 0 saturated heterocycles. The predicted octanol–water partition coefficient (Wildman–Crippen LogP) is 3.04. The zero-order valence-corrected chi connectivity index (χ0v) is 14.5. The van der Waals surface area contributed by atoms with Gasteiger partial charge in [-0.3, -0.25) is 14.6 Å². The Morgan fingerprint density at radius 1 is 1.33 bits per heavy atom. The topological polar surface area (TPSA) is 66.8 Å². The normalized spacial score (nSPS) is 10.8. The quantitative estimate of drug-likeness (QED) is 0.791. The van der Waals surface area contributed by atoms with Crippen LogP contribution in [0.1, 0.15) is 21.7 Å². The van der Waals surface area contributed by atoms with Gasteiger partial charge < -0.3 is 4.90 Å². The number of hydrogen-bond donors (Lipinski definition) is 1. The molecule has 7 heteroatoms. The van der Waals surface area contributed by atoms with E-state index < -0.39 is 0 Å². The molecule has 0 fully saturated rings. The molecule has 3 aromatic rings. The van der Waals surface area contributed by atoms with Crippen molar-refractivity contribution >= 4 is 17.5 Å². The van der Waals surface area contributed by atoms with Crippen molar-refractivity contribution in [3.63, 3.8) is 0 Å². The smallest absolute Gasteiger partial charge is 0.271 e. The Balaban J connectivity index is 1.75. The molecular weight excluding hydrogens is 326 g/mol. The highest BCUT2D eigenvalue weighted by atomic mass is 35.5. The largest absolute Gasteiger partial charge is 0.336 e. The van der Waals surface area contributed by atoms with E-state index in [1.165, 1.54) is 0 Å². The number of halogens is 1. The highest BCUT2D eigenvalue weighted by Crippen LogP contribution is 2.21. The van der Waals surface area contributed by atoms with Crippen LogP contribution < -0.4 is 0 Å². The number of rotatable bonds is 4. The second-order valence-electron chi connectivity index (χ2n) is 5.75. The molecule has 0 aliphatic heterocycles. The Morgan fingerprint density at radius 3 is 2.67 bits per heavy atom. The molecule has 1 amide bonds. The average molecular weight is 344 g/mol. The molecule has 0 saturated carbocycles. The molecule has 24 heavy (non-hydrogen) atoms. The molecule has 124 valence electrons. The van der Waals surface area contributed by atoms with Gasteiger partial charge in [-0.15, -0.1) is 0 Å². The van der Waals surface area contributed by atoms with Gasteiger partial charge in [0.05, 0.1) is 11.4 Å². The van der Waals surface area contributed by atoms with Crippen molar-refractivity contribution in [1.82, 2.24) is 24.9 Å². The number of nitrogens with one attached hydrogen (secondary N) is 1. The van der Waals surface area contributed by atoms with Gasteiger partial charge in [-0.25, -0.2) is 0 Å². The first-order valence-electron chi connectivity index (χ1n) is 7.50. The summed E-state index contributed by atoms with van der Waals surface area (Å²) >= 11 is 5.89. The summed E-state index contributed by atoms with van der Waals surface area (Å²) in [4.78, 5) is 14.2. The van der Waals surface area contributed by atoms with Crippen LogP contribution in [-0.2, 0) is 13.6 Å². The van der Waals surface area contributed by atoms with Gasteiger partial charge in [-0.05, 0) is 25.1 Å². The summed E-state index contributed by atoms with van der Waals surface area (Å²) in [6.07, 6.45) is 1.92. The molecule has 0 radical (unpaired) electrons. The fraction of sp³-hybridized carbons (Fsp3) is 0.235. The summed E-state index contributed by atoms with van der Waals surface area (Å²) < 4.78 is 1.75. The van der Waals surface area contributed by atoms with E-state index in [1.54, 1.807) is 34.8 Å². The molecule has 0 aliphatic carbocycles. The van der Waals surface area contributed by atoms with Crippen LogP contribution >= 0.6 is 11.6 Å². The fourth-order valence-corrected chi connectivity index (χ4v) is 2.66. The summed E-state index contributed by atoms with van der Waals surface area (Å²) in [6, 6.07) is 9.08. The van der Waals surface area contributed by atoms with E-state index >= 15 is 0 Å². The third kappa shape index (κ3) is 3.33. The number of hydrogen-bond acceptors (Lipinski definition) is 3. The van der Waals surface area contributed by atoms with Gasteiger partial charge in [0, 0.05) is 43.0 Å². The third-order valence-corrected chi connectivity index (χ3v) is 4.07. The number of carbonyl (C=O) groups is 1. The van der Waals surface area contributed by atoms with Crippen molar-refractivity contribution in [3.05, 3.63) is 58.5 Å². The number of aromatic nitrogens is 4. The maximum atomic E-state index is 12.6. The lowest BCUT2D eigenvalue weighted by Crippen LogP contribution is -2.26. The second kappa shape index (κ2) is 6.49. The van der Waals surface area contributed by atoms with E-state index in [0.717, 1.165) is 16.8 Å². The maximum absolute atomic E-state index is 12.6. The Labute approximate surface area is 145 Å². The highest BCUT2D eigenvalue weighted by Gasteiger charge is 2.17. The molecule has 6 nitrogen and oxygen atoms in total. The first-order valence-corrected chi connectivity index (χ1v) is 7.88. The van der Waals surface area contributed by atoms with Crippen molar-refractivity contribution in [2.75, 3.05) is 7.05 Å². The number of carbonyl (C=O) groups excluding carboxylic acids is 1. The van der Waals surface area contributed by atoms with Crippen LogP contribution in [0.15, 0.2) is 36.5 Å². The average Bonchev–Trinajstić information content (AvgIpc) is 3.14. The van der Waals surface area contributed by atoms with Crippen LogP contribution in [0.5, 0.6) is 0 Å². The lowest BCUT2D eigenvalue weighted by molar-refractivity contribution is 0.0779. The van der Waals surface area contributed by atoms with Crippen LogP contribution in [0, 0.1) is 6.92 Å². The highest BCUT2D eigenvalue weighted by molar-refractivity contribution is 6.30. The maximum Gasteiger partial charge on any atom is 0.271 e. The van der Waals surface area contributed by atoms with Gasteiger partial charge in [0.25, 0.3) is 5.91 Å². The first kappa shape index (κ1) is 16.3. The van der Waals surface area contributed by atoms with Crippen LogP contribution in [0.3, 0.4) is 0 Å². The number of aromatic amines is 1. The predicted molar refractivity (Wildman–Crippen MR) is 92.8 cm³/mol. The van der Waals surface area contributed by atoms with Crippen LogP contribution in [0.2, 0.25) is 5.02 Å². The Hall–Kier alpha value is -2.60. The molecule has 1 N–H and O–H groups in total. The molecule has 0 unspecified atom stereocenters. The number of amides is 1. The Kier molecular flexibility index (Phi) is 4.40. The van der Waals surface area contributed by atoms with Crippen molar-refractivity contribution in [1.29, 1.82) is 0 Å². The van der Waals surface area contributed by atoms with Crippen molar-refractivity contribution < 1.29 is 4.79 Å². The summed E-state index contributed by atoms with van der Waals surface area (Å²) in [6.45, 7) is 2.43. The van der Waals surface area contributed by atoms with Gasteiger partial charge in [0.2, 0.25) is 0 Å². The minimum absolute atomic E-state index is 0.119. The Morgan fingerprint density at radius 2 is 2.04 bits per heavy atom. The molecular formula is C17H18ClN5O. The number of benzene rings is 1. The summed E-state index contributed by atoms with van der Waals surface area (Å²) in [5.41, 5.74) is 4.00. The molecule has 2 aromatic heterocycles. The van der Waals surface area contributed by atoms with E-state index in [1.807, 2.05) is 32.3 Å². The number of H-pyrrole nitrogens is 1. The first-order chi connectivity index (χ1) is 11.4. The lowest BCUT2D eigenvalue weighted by Gasteiger charge is -2.15. The minimum Gasteiger partial charge on any atom is -0.336 e. The summed E-state index contributed by atoms with van der Waals surface area (Å²) in [7, 11) is 3.63. The molecule has 0 aliphatic rings. The van der Waals surface area contributed by atoms with Gasteiger partial charge in [0.15, 0.2) is 0 Å². The van der Waals surface area contributed by atoms with Crippen molar-refractivity contribution in [2.45, 2.75) is 13.5 Å². The summed E-state index contributed by atoms with van der Waals surface area (Å²) in [5.74, 6) is -0.119. The number of aryl methyl sites for hydroxylation is 2. The van der Waals surface area contributed by atoms with Gasteiger partial charge in [0.1, 0.15) is 5.69 Å².